The normalized spacial score (nSPS) is 11.0. The predicted molar refractivity (Wildman–Crippen MR) is 80.3 cm³/mol. The molecule has 2 aromatic rings. The molecule has 1 N–H and O–H groups in total. The molecule has 0 amide bonds. The first-order chi connectivity index (χ1) is 9.93. The van der Waals surface area contributed by atoms with E-state index in [1.807, 2.05) is 19.0 Å². The molecule has 0 aliphatic rings. The smallest absolute Gasteiger partial charge is 0.341 e. The summed E-state index contributed by atoms with van der Waals surface area (Å²) < 4.78 is 6.90. The topological polar surface area (TPSA) is 71.8 Å². The number of methoxy groups -OCH3 is 1. The van der Waals surface area contributed by atoms with E-state index in [1.54, 1.807) is 22.8 Å². The van der Waals surface area contributed by atoms with Gasteiger partial charge in [0, 0.05) is 19.3 Å². The van der Waals surface area contributed by atoms with E-state index in [1.165, 1.54) is 13.3 Å². The third-order valence-corrected chi connectivity index (χ3v) is 3.31. The minimum Gasteiger partial charge on any atom is -0.497 e. The van der Waals surface area contributed by atoms with Crippen molar-refractivity contribution in [2.24, 2.45) is 0 Å². The number of pyridine rings is 1. The molecule has 0 saturated heterocycles. The summed E-state index contributed by atoms with van der Waals surface area (Å²) in [5.74, 6) is -0.690. The zero-order valence-corrected chi connectivity index (χ0v) is 12.3. The van der Waals surface area contributed by atoms with Crippen LogP contribution in [0.1, 0.15) is 10.4 Å². The van der Waals surface area contributed by atoms with Gasteiger partial charge in [-0.3, -0.25) is 4.79 Å². The molecule has 1 aromatic carbocycles. The number of carboxylic acids is 1. The largest absolute Gasteiger partial charge is 0.497 e. The number of fused-ring (bicyclic) bond motifs is 1. The van der Waals surface area contributed by atoms with E-state index in [4.69, 9.17) is 4.74 Å². The van der Waals surface area contributed by atoms with Crippen LogP contribution in [0.4, 0.5) is 0 Å². The van der Waals surface area contributed by atoms with Gasteiger partial charge in [-0.1, -0.05) is 0 Å². The quantitative estimate of drug-likeness (QED) is 0.898. The number of carboxylic acid groups (broad SMARTS) is 1. The molecular weight excluding hydrogens is 272 g/mol. The molecule has 21 heavy (non-hydrogen) atoms. The van der Waals surface area contributed by atoms with E-state index < -0.39 is 11.4 Å². The number of likely N-dealkylation sites (N-methyl/N-ethyl adjacent to an activating group) is 1. The third-order valence-electron chi connectivity index (χ3n) is 3.31. The van der Waals surface area contributed by atoms with Crippen molar-refractivity contribution in [3.63, 3.8) is 0 Å². The van der Waals surface area contributed by atoms with Gasteiger partial charge in [-0.15, -0.1) is 0 Å². The minimum atomic E-state index is -1.22. The van der Waals surface area contributed by atoms with Crippen molar-refractivity contribution >= 4 is 16.9 Å². The second-order valence-electron chi connectivity index (χ2n) is 5.06. The number of hydrogen-bond acceptors (Lipinski definition) is 4. The van der Waals surface area contributed by atoms with Gasteiger partial charge in [-0.2, -0.15) is 0 Å². The first-order valence-corrected chi connectivity index (χ1v) is 6.53. The summed E-state index contributed by atoms with van der Waals surface area (Å²) in [5, 5.41) is 9.55. The molecule has 0 unspecified atom stereocenters. The number of rotatable bonds is 5. The summed E-state index contributed by atoms with van der Waals surface area (Å²) in [6, 6.07) is 5.11. The molecule has 0 radical (unpaired) electrons. The fourth-order valence-corrected chi connectivity index (χ4v) is 2.15. The zero-order valence-electron chi connectivity index (χ0n) is 12.3. The summed E-state index contributed by atoms with van der Waals surface area (Å²) in [4.78, 5) is 25.5. The fraction of sp³-hybridized carbons (Fsp3) is 0.333. The number of aromatic carboxylic acids is 1. The highest BCUT2D eigenvalue weighted by Gasteiger charge is 2.15. The number of nitrogens with zero attached hydrogens (tertiary/aromatic N) is 2. The maximum atomic E-state index is 12.3. The Morgan fingerprint density at radius 2 is 2.10 bits per heavy atom. The molecule has 0 fully saturated rings. The minimum absolute atomic E-state index is 0.227. The lowest BCUT2D eigenvalue weighted by Gasteiger charge is -2.15. The van der Waals surface area contributed by atoms with Crippen molar-refractivity contribution < 1.29 is 14.6 Å². The molecule has 6 heteroatoms. The van der Waals surface area contributed by atoms with Gasteiger partial charge in [0.05, 0.1) is 18.0 Å². The molecule has 1 heterocycles. The summed E-state index contributed by atoms with van der Waals surface area (Å²) in [6.07, 6.45) is 1.41. The van der Waals surface area contributed by atoms with Crippen molar-refractivity contribution in [1.82, 2.24) is 9.47 Å². The summed E-state index contributed by atoms with van der Waals surface area (Å²) in [7, 11) is 5.38. The van der Waals surface area contributed by atoms with Gasteiger partial charge >= 0.3 is 5.97 Å². The van der Waals surface area contributed by atoms with Crippen LogP contribution < -0.4 is 10.2 Å². The highest BCUT2D eigenvalue weighted by atomic mass is 16.5. The fourth-order valence-electron chi connectivity index (χ4n) is 2.15. The molecule has 2 rings (SSSR count). The Hall–Kier alpha value is -2.34. The Bertz CT molecular complexity index is 734. The molecule has 6 nitrogen and oxygen atoms in total. The van der Waals surface area contributed by atoms with Crippen LogP contribution in [-0.2, 0) is 6.54 Å². The first kappa shape index (κ1) is 15.1. The van der Waals surface area contributed by atoms with Crippen LogP contribution in [0.15, 0.2) is 29.2 Å². The van der Waals surface area contributed by atoms with Gasteiger partial charge in [-0.25, -0.2) is 4.79 Å². The van der Waals surface area contributed by atoms with Crippen molar-refractivity contribution in [3.05, 3.63) is 40.2 Å². The standard InChI is InChI=1S/C15H18N2O4/c1-16(2)6-7-17-9-12(15(19)20)14(18)11-8-10(21-3)4-5-13(11)17/h4-5,8-9H,6-7H2,1-3H3,(H,19,20). The molecule has 0 spiro atoms. The average molecular weight is 290 g/mol. The van der Waals surface area contributed by atoms with E-state index >= 15 is 0 Å². The Labute approximate surface area is 122 Å². The molecule has 0 aliphatic heterocycles. The lowest BCUT2D eigenvalue weighted by Crippen LogP contribution is -2.23. The molecule has 0 atom stereocenters. The van der Waals surface area contributed by atoms with Gasteiger partial charge in [0.2, 0.25) is 5.43 Å². The Balaban J connectivity index is 2.69. The number of aromatic nitrogens is 1. The van der Waals surface area contributed by atoms with Gasteiger partial charge in [0.1, 0.15) is 11.3 Å². The van der Waals surface area contributed by atoms with Crippen LogP contribution in [0.25, 0.3) is 10.9 Å². The third kappa shape index (κ3) is 3.05. The van der Waals surface area contributed by atoms with Crippen LogP contribution >= 0.6 is 0 Å². The van der Waals surface area contributed by atoms with Crippen LogP contribution in [0.2, 0.25) is 0 Å². The van der Waals surface area contributed by atoms with Gasteiger partial charge in [0.15, 0.2) is 0 Å². The zero-order chi connectivity index (χ0) is 15.6. The summed E-state index contributed by atoms with van der Waals surface area (Å²) in [6.45, 7) is 1.33. The van der Waals surface area contributed by atoms with E-state index in [-0.39, 0.29) is 5.56 Å². The Morgan fingerprint density at radius 1 is 1.38 bits per heavy atom. The van der Waals surface area contributed by atoms with Crippen LogP contribution in [0.3, 0.4) is 0 Å². The van der Waals surface area contributed by atoms with Crippen LogP contribution in [0.5, 0.6) is 5.75 Å². The monoisotopic (exact) mass is 290 g/mol. The first-order valence-electron chi connectivity index (χ1n) is 6.53. The number of ether oxygens (including phenoxy) is 1. The average Bonchev–Trinajstić information content (AvgIpc) is 2.45. The lowest BCUT2D eigenvalue weighted by molar-refractivity contribution is 0.0695. The van der Waals surface area contributed by atoms with Gasteiger partial charge in [-0.05, 0) is 32.3 Å². The molecule has 1 aromatic heterocycles. The molecule has 0 saturated carbocycles. The second kappa shape index (κ2) is 5.97. The molecule has 112 valence electrons. The number of hydrogen-bond donors (Lipinski definition) is 1. The maximum Gasteiger partial charge on any atom is 0.341 e. The highest BCUT2D eigenvalue weighted by Crippen LogP contribution is 2.19. The van der Waals surface area contributed by atoms with Crippen LogP contribution in [-0.4, -0.2) is 48.3 Å². The Morgan fingerprint density at radius 3 is 2.67 bits per heavy atom. The molecule has 0 bridgehead atoms. The van der Waals surface area contributed by atoms with Crippen molar-refractivity contribution in [2.75, 3.05) is 27.7 Å². The number of benzene rings is 1. The molecular formula is C15H18N2O4. The SMILES string of the molecule is COc1ccc2c(c1)c(=O)c(C(=O)O)cn2CCN(C)C. The van der Waals surface area contributed by atoms with Crippen molar-refractivity contribution in [1.29, 1.82) is 0 Å². The second-order valence-corrected chi connectivity index (χ2v) is 5.06. The molecule has 0 aliphatic carbocycles. The van der Waals surface area contributed by atoms with E-state index in [0.29, 0.717) is 23.2 Å². The summed E-state index contributed by atoms with van der Waals surface area (Å²) >= 11 is 0. The van der Waals surface area contributed by atoms with E-state index in [9.17, 15) is 14.7 Å². The highest BCUT2D eigenvalue weighted by molar-refractivity contribution is 5.92. The van der Waals surface area contributed by atoms with E-state index in [2.05, 4.69) is 0 Å². The summed E-state index contributed by atoms with van der Waals surface area (Å²) in [5.41, 5.74) is -0.0142. The van der Waals surface area contributed by atoms with Gasteiger partial charge < -0.3 is 19.3 Å². The number of carbonyl (C=O) groups is 1. The lowest BCUT2D eigenvalue weighted by atomic mass is 10.1. The predicted octanol–water partition coefficient (Wildman–Crippen LogP) is 1.27. The maximum absolute atomic E-state index is 12.3. The Kier molecular flexibility index (Phi) is 4.28. The van der Waals surface area contributed by atoms with Crippen molar-refractivity contribution in [2.45, 2.75) is 6.54 Å². The van der Waals surface area contributed by atoms with Crippen LogP contribution in [0, 0.1) is 0 Å². The van der Waals surface area contributed by atoms with E-state index in [0.717, 1.165) is 6.54 Å². The van der Waals surface area contributed by atoms with Crippen molar-refractivity contribution in [3.8, 4) is 5.75 Å². The van der Waals surface area contributed by atoms with Gasteiger partial charge in [0.25, 0.3) is 0 Å².